The van der Waals surface area contributed by atoms with Crippen molar-refractivity contribution in [3.05, 3.63) is 35.9 Å². The highest BCUT2D eigenvalue weighted by molar-refractivity contribution is 5.25. The molecule has 0 aliphatic carbocycles. The topological polar surface area (TPSA) is 15.3 Å². The molecule has 2 heteroatoms. The van der Waals surface area contributed by atoms with E-state index in [1.165, 1.54) is 37.9 Å². The molecular formula is C19H32N2. The predicted octanol–water partition coefficient (Wildman–Crippen LogP) is 4.02. The van der Waals surface area contributed by atoms with Gasteiger partial charge in [-0.15, -0.1) is 0 Å². The lowest BCUT2D eigenvalue weighted by Crippen LogP contribution is -2.62. The van der Waals surface area contributed by atoms with E-state index >= 15 is 0 Å². The number of benzene rings is 1. The van der Waals surface area contributed by atoms with Crippen molar-refractivity contribution in [3.63, 3.8) is 0 Å². The molecule has 21 heavy (non-hydrogen) atoms. The molecule has 1 fully saturated rings. The van der Waals surface area contributed by atoms with E-state index in [9.17, 15) is 0 Å². The standard InChI is InChI=1S/C19H32N2/c1-5-10-18-14-21(13-16(3)6-2)19(4,15-20-18)17-11-8-7-9-12-17/h7-9,11-12,16,18,20H,5-6,10,13-15H2,1-4H3. The van der Waals surface area contributed by atoms with E-state index in [0.29, 0.717) is 6.04 Å². The Morgan fingerprint density at radius 2 is 2.00 bits per heavy atom. The first-order valence-electron chi connectivity index (χ1n) is 8.64. The predicted molar refractivity (Wildman–Crippen MR) is 91.5 cm³/mol. The summed E-state index contributed by atoms with van der Waals surface area (Å²) in [5.74, 6) is 0.758. The molecule has 1 heterocycles. The molecule has 0 saturated carbocycles. The summed E-state index contributed by atoms with van der Waals surface area (Å²) in [4.78, 5) is 2.73. The van der Waals surface area contributed by atoms with Crippen LogP contribution in [-0.4, -0.2) is 30.6 Å². The Balaban J connectivity index is 2.21. The molecule has 2 rings (SSSR count). The van der Waals surface area contributed by atoms with Crippen LogP contribution in [0.25, 0.3) is 0 Å². The molecule has 118 valence electrons. The summed E-state index contributed by atoms with van der Waals surface area (Å²) in [6.45, 7) is 12.8. The molecule has 3 unspecified atom stereocenters. The summed E-state index contributed by atoms with van der Waals surface area (Å²) in [7, 11) is 0. The van der Waals surface area contributed by atoms with Crippen molar-refractivity contribution < 1.29 is 0 Å². The van der Waals surface area contributed by atoms with E-state index in [-0.39, 0.29) is 5.54 Å². The third-order valence-electron chi connectivity index (χ3n) is 5.14. The van der Waals surface area contributed by atoms with Gasteiger partial charge in [-0.25, -0.2) is 0 Å². The summed E-state index contributed by atoms with van der Waals surface area (Å²) >= 11 is 0. The molecule has 0 bridgehead atoms. The number of hydrogen-bond acceptors (Lipinski definition) is 2. The number of hydrogen-bond donors (Lipinski definition) is 1. The van der Waals surface area contributed by atoms with E-state index in [1.807, 2.05) is 0 Å². The number of piperazine rings is 1. The summed E-state index contributed by atoms with van der Waals surface area (Å²) in [5, 5.41) is 3.79. The molecule has 3 atom stereocenters. The average Bonchev–Trinajstić information content (AvgIpc) is 2.51. The zero-order valence-corrected chi connectivity index (χ0v) is 14.2. The number of nitrogens with zero attached hydrogens (tertiary/aromatic N) is 1. The fourth-order valence-corrected chi connectivity index (χ4v) is 3.39. The lowest BCUT2D eigenvalue weighted by Gasteiger charge is -2.49. The minimum atomic E-state index is 0.120. The van der Waals surface area contributed by atoms with Gasteiger partial charge in [0.1, 0.15) is 0 Å². The van der Waals surface area contributed by atoms with E-state index < -0.39 is 0 Å². The van der Waals surface area contributed by atoms with Crippen LogP contribution in [0.5, 0.6) is 0 Å². The van der Waals surface area contributed by atoms with Gasteiger partial charge in [0.05, 0.1) is 5.54 Å². The van der Waals surface area contributed by atoms with Gasteiger partial charge < -0.3 is 5.32 Å². The molecule has 0 spiro atoms. The average molecular weight is 288 g/mol. The van der Waals surface area contributed by atoms with Gasteiger partial charge >= 0.3 is 0 Å². The lowest BCUT2D eigenvalue weighted by molar-refractivity contribution is 0.0347. The monoisotopic (exact) mass is 288 g/mol. The van der Waals surface area contributed by atoms with Crippen LogP contribution >= 0.6 is 0 Å². The van der Waals surface area contributed by atoms with Gasteiger partial charge in [-0.1, -0.05) is 63.9 Å². The van der Waals surface area contributed by atoms with Crippen LogP contribution in [0.3, 0.4) is 0 Å². The second kappa shape index (κ2) is 7.42. The Labute approximate surface area is 130 Å². The van der Waals surface area contributed by atoms with Crippen molar-refractivity contribution in [1.29, 1.82) is 0 Å². The number of nitrogens with one attached hydrogen (secondary N) is 1. The van der Waals surface area contributed by atoms with E-state index in [4.69, 9.17) is 0 Å². The van der Waals surface area contributed by atoms with Crippen LogP contribution in [-0.2, 0) is 5.54 Å². The molecule has 1 aliphatic heterocycles. The largest absolute Gasteiger partial charge is 0.311 e. The second-order valence-electron chi connectivity index (χ2n) is 6.92. The van der Waals surface area contributed by atoms with Crippen molar-refractivity contribution in [2.45, 2.75) is 58.5 Å². The van der Waals surface area contributed by atoms with Crippen molar-refractivity contribution in [2.75, 3.05) is 19.6 Å². The Morgan fingerprint density at radius 1 is 1.29 bits per heavy atom. The fourth-order valence-electron chi connectivity index (χ4n) is 3.39. The molecule has 1 aromatic carbocycles. The maximum atomic E-state index is 3.79. The first-order chi connectivity index (χ1) is 10.1. The highest BCUT2D eigenvalue weighted by Crippen LogP contribution is 2.32. The SMILES string of the molecule is CCCC1CN(CC(C)CC)C(C)(c2ccccc2)CN1. The normalized spacial score (nSPS) is 28.5. The Morgan fingerprint density at radius 3 is 2.62 bits per heavy atom. The van der Waals surface area contributed by atoms with Gasteiger partial charge in [-0.05, 0) is 24.8 Å². The molecule has 2 nitrogen and oxygen atoms in total. The first kappa shape index (κ1) is 16.5. The molecule has 1 N–H and O–H groups in total. The first-order valence-corrected chi connectivity index (χ1v) is 8.64. The van der Waals surface area contributed by atoms with Gasteiger partial charge in [0.2, 0.25) is 0 Å². The maximum absolute atomic E-state index is 3.79. The molecule has 0 aromatic heterocycles. The quantitative estimate of drug-likeness (QED) is 0.850. The van der Waals surface area contributed by atoms with E-state index in [0.717, 1.165) is 12.5 Å². The van der Waals surface area contributed by atoms with Crippen LogP contribution in [0, 0.1) is 5.92 Å². The van der Waals surface area contributed by atoms with Crippen LogP contribution in [0.4, 0.5) is 0 Å². The van der Waals surface area contributed by atoms with Gasteiger partial charge in [-0.2, -0.15) is 0 Å². The zero-order chi connectivity index (χ0) is 15.3. The van der Waals surface area contributed by atoms with Crippen molar-refractivity contribution in [1.82, 2.24) is 10.2 Å². The van der Waals surface area contributed by atoms with Crippen molar-refractivity contribution >= 4 is 0 Å². The highest BCUT2D eigenvalue weighted by atomic mass is 15.3. The summed E-state index contributed by atoms with van der Waals surface area (Å²) < 4.78 is 0. The third-order valence-corrected chi connectivity index (χ3v) is 5.14. The van der Waals surface area contributed by atoms with Gasteiger partial charge in [0.15, 0.2) is 0 Å². The summed E-state index contributed by atoms with van der Waals surface area (Å²) in [6.07, 6.45) is 3.80. The van der Waals surface area contributed by atoms with E-state index in [2.05, 4.69) is 68.2 Å². The Bertz CT molecular complexity index is 417. The molecular weight excluding hydrogens is 256 g/mol. The summed E-state index contributed by atoms with van der Waals surface area (Å²) in [5.41, 5.74) is 1.56. The third kappa shape index (κ3) is 3.87. The van der Waals surface area contributed by atoms with Crippen molar-refractivity contribution in [2.24, 2.45) is 5.92 Å². The van der Waals surface area contributed by atoms with Crippen LogP contribution in [0.2, 0.25) is 0 Å². The smallest absolute Gasteiger partial charge is 0.0558 e. The summed E-state index contributed by atoms with van der Waals surface area (Å²) in [6, 6.07) is 11.7. The minimum Gasteiger partial charge on any atom is -0.311 e. The van der Waals surface area contributed by atoms with Crippen LogP contribution in [0.1, 0.15) is 52.5 Å². The molecule has 0 amide bonds. The molecule has 1 aromatic rings. The molecule has 0 radical (unpaired) electrons. The Hall–Kier alpha value is -0.860. The van der Waals surface area contributed by atoms with Gasteiger partial charge in [-0.3, -0.25) is 4.90 Å². The molecule has 1 aliphatic rings. The highest BCUT2D eigenvalue weighted by Gasteiger charge is 2.38. The van der Waals surface area contributed by atoms with Crippen LogP contribution < -0.4 is 5.32 Å². The van der Waals surface area contributed by atoms with Gasteiger partial charge in [0.25, 0.3) is 0 Å². The number of rotatable bonds is 6. The van der Waals surface area contributed by atoms with Gasteiger partial charge in [0, 0.05) is 25.7 Å². The maximum Gasteiger partial charge on any atom is 0.0558 e. The second-order valence-corrected chi connectivity index (χ2v) is 6.92. The lowest BCUT2D eigenvalue weighted by atomic mass is 9.85. The zero-order valence-electron chi connectivity index (χ0n) is 14.2. The Kier molecular flexibility index (Phi) is 5.83. The minimum absolute atomic E-state index is 0.120. The van der Waals surface area contributed by atoms with E-state index in [1.54, 1.807) is 0 Å². The fraction of sp³-hybridized carbons (Fsp3) is 0.684. The van der Waals surface area contributed by atoms with Crippen molar-refractivity contribution in [3.8, 4) is 0 Å². The molecule has 1 saturated heterocycles. The van der Waals surface area contributed by atoms with Crippen LogP contribution in [0.15, 0.2) is 30.3 Å².